The second-order valence-electron chi connectivity index (χ2n) is 3.30. The molecule has 5 heteroatoms. The molecule has 0 saturated heterocycles. The molecule has 0 aliphatic heterocycles. The maximum Gasteiger partial charge on any atom is 0.270 e. The van der Waals surface area contributed by atoms with E-state index in [0.717, 1.165) is 0 Å². The highest BCUT2D eigenvalue weighted by atomic mass is 35.5. The third kappa shape index (κ3) is 2.25. The van der Waals surface area contributed by atoms with Crippen molar-refractivity contribution >= 4 is 34.5 Å². The van der Waals surface area contributed by atoms with Gasteiger partial charge in [-0.25, -0.2) is 4.68 Å². The van der Waals surface area contributed by atoms with Crippen LogP contribution in [-0.4, -0.2) is 15.0 Å². The van der Waals surface area contributed by atoms with Gasteiger partial charge in [0.25, 0.3) is 5.24 Å². The van der Waals surface area contributed by atoms with Gasteiger partial charge in [0.1, 0.15) is 5.69 Å². The molecule has 0 saturated carbocycles. The van der Waals surface area contributed by atoms with Crippen LogP contribution in [0, 0.1) is 0 Å². The van der Waals surface area contributed by atoms with E-state index in [1.807, 2.05) is 0 Å². The van der Waals surface area contributed by atoms with E-state index in [0.29, 0.717) is 16.4 Å². The van der Waals surface area contributed by atoms with Crippen molar-refractivity contribution in [1.29, 1.82) is 0 Å². The van der Waals surface area contributed by atoms with E-state index in [9.17, 15) is 4.79 Å². The molecule has 1 aromatic carbocycles. The van der Waals surface area contributed by atoms with Crippen LogP contribution in [0.15, 0.2) is 36.9 Å². The van der Waals surface area contributed by atoms with E-state index in [1.54, 1.807) is 30.3 Å². The molecule has 0 atom stereocenters. The minimum absolute atomic E-state index is 0.259. The van der Waals surface area contributed by atoms with Gasteiger partial charge in [0.2, 0.25) is 0 Å². The second-order valence-corrected chi connectivity index (χ2v) is 4.05. The summed E-state index contributed by atoms with van der Waals surface area (Å²) in [6, 6.07) is 8.64. The molecule has 0 spiro atoms. The summed E-state index contributed by atoms with van der Waals surface area (Å²) in [5, 5.41) is 4.09. The monoisotopic (exact) mass is 266 g/mol. The number of benzene rings is 1. The average Bonchev–Trinajstić information content (AvgIpc) is 2.73. The summed E-state index contributed by atoms with van der Waals surface area (Å²) in [7, 11) is 0. The van der Waals surface area contributed by atoms with Gasteiger partial charge in [-0.05, 0) is 35.9 Å². The summed E-state index contributed by atoms with van der Waals surface area (Å²) >= 11 is 11.6. The molecular weight excluding hydrogens is 259 g/mol. The lowest BCUT2D eigenvalue weighted by atomic mass is 10.3. The molecule has 1 heterocycles. The first-order valence-corrected chi connectivity index (χ1v) is 5.56. The summed E-state index contributed by atoms with van der Waals surface area (Å²) in [6.45, 7) is 3.60. The maximum atomic E-state index is 11.3. The Hall–Kier alpha value is -1.58. The number of halogens is 2. The first-order valence-electron chi connectivity index (χ1n) is 4.80. The van der Waals surface area contributed by atoms with Crippen molar-refractivity contribution in [2.24, 2.45) is 0 Å². The zero-order valence-corrected chi connectivity index (χ0v) is 10.2. The quantitative estimate of drug-likeness (QED) is 0.797. The fourth-order valence-electron chi connectivity index (χ4n) is 1.45. The van der Waals surface area contributed by atoms with Gasteiger partial charge in [-0.3, -0.25) is 4.79 Å². The molecule has 0 N–H and O–H groups in total. The Morgan fingerprint density at radius 1 is 1.41 bits per heavy atom. The van der Waals surface area contributed by atoms with Crippen LogP contribution in [0.5, 0.6) is 0 Å². The van der Waals surface area contributed by atoms with Crippen molar-refractivity contribution in [3.63, 3.8) is 0 Å². The Morgan fingerprint density at radius 3 is 2.71 bits per heavy atom. The second kappa shape index (κ2) is 4.73. The number of nitrogens with zero attached hydrogens (tertiary/aromatic N) is 2. The lowest BCUT2D eigenvalue weighted by Gasteiger charge is -2.05. The van der Waals surface area contributed by atoms with Crippen molar-refractivity contribution in [1.82, 2.24) is 9.78 Å². The Morgan fingerprint density at radius 2 is 2.12 bits per heavy atom. The molecule has 17 heavy (non-hydrogen) atoms. The minimum Gasteiger partial charge on any atom is -0.274 e. The van der Waals surface area contributed by atoms with Crippen LogP contribution in [0.2, 0.25) is 5.02 Å². The van der Waals surface area contributed by atoms with Gasteiger partial charge < -0.3 is 0 Å². The highest BCUT2D eigenvalue weighted by molar-refractivity contribution is 6.67. The number of carbonyl (C=O) groups is 1. The molecule has 1 aromatic heterocycles. The fourth-order valence-corrected chi connectivity index (χ4v) is 1.80. The summed E-state index contributed by atoms with van der Waals surface area (Å²) in [4.78, 5) is 11.3. The molecule has 0 aliphatic carbocycles. The molecular formula is C12H8Cl2N2O. The van der Waals surface area contributed by atoms with Crippen molar-refractivity contribution in [3.8, 4) is 5.69 Å². The Balaban J connectivity index is 2.66. The zero-order chi connectivity index (χ0) is 12.4. The van der Waals surface area contributed by atoms with E-state index in [2.05, 4.69) is 11.7 Å². The third-order valence-corrected chi connectivity index (χ3v) is 2.73. The molecule has 0 bridgehead atoms. The zero-order valence-electron chi connectivity index (χ0n) is 8.73. The van der Waals surface area contributed by atoms with Gasteiger partial charge in [0, 0.05) is 0 Å². The van der Waals surface area contributed by atoms with E-state index in [-0.39, 0.29) is 5.69 Å². The first-order chi connectivity index (χ1) is 8.13. The minimum atomic E-state index is -0.592. The van der Waals surface area contributed by atoms with Crippen LogP contribution in [0.25, 0.3) is 11.8 Å². The topological polar surface area (TPSA) is 34.9 Å². The molecule has 0 unspecified atom stereocenters. The van der Waals surface area contributed by atoms with E-state index < -0.39 is 5.24 Å². The number of para-hydroxylation sites is 1. The average molecular weight is 267 g/mol. The van der Waals surface area contributed by atoms with Gasteiger partial charge in [0.15, 0.2) is 0 Å². The molecule has 0 aliphatic rings. The lowest BCUT2D eigenvalue weighted by Crippen LogP contribution is -2.05. The number of hydrogen-bond donors (Lipinski definition) is 0. The van der Waals surface area contributed by atoms with Crippen molar-refractivity contribution in [2.75, 3.05) is 0 Å². The van der Waals surface area contributed by atoms with Crippen molar-refractivity contribution in [2.45, 2.75) is 0 Å². The van der Waals surface area contributed by atoms with Gasteiger partial charge >= 0.3 is 0 Å². The Bertz CT molecular complexity index is 590. The maximum absolute atomic E-state index is 11.3. The smallest absolute Gasteiger partial charge is 0.270 e. The van der Waals surface area contributed by atoms with Crippen LogP contribution in [-0.2, 0) is 0 Å². The first kappa shape index (κ1) is 11.9. The van der Waals surface area contributed by atoms with Crippen LogP contribution >= 0.6 is 23.2 Å². The SMILES string of the molecule is C=Cc1cc(C(=O)Cl)n(-c2ccccc2Cl)n1. The molecule has 86 valence electrons. The van der Waals surface area contributed by atoms with E-state index >= 15 is 0 Å². The lowest BCUT2D eigenvalue weighted by molar-refractivity contribution is 0.107. The highest BCUT2D eigenvalue weighted by Crippen LogP contribution is 2.22. The number of aromatic nitrogens is 2. The summed E-state index contributed by atoms with van der Waals surface area (Å²) in [6.07, 6.45) is 1.54. The highest BCUT2D eigenvalue weighted by Gasteiger charge is 2.15. The summed E-state index contributed by atoms with van der Waals surface area (Å²) in [5.74, 6) is 0. The molecule has 0 radical (unpaired) electrons. The van der Waals surface area contributed by atoms with Crippen molar-refractivity contribution < 1.29 is 4.79 Å². The predicted octanol–water partition coefficient (Wildman–Crippen LogP) is 3.55. The van der Waals surface area contributed by atoms with Crippen LogP contribution in [0.4, 0.5) is 0 Å². The third-order valence-electron chi connectivity index (χ3n) is 2.22. The van der Waals surface area contributed by atoms with Crippen LogP contribution < -0.4 is 0 Å². The molecule has 2 aromatic rings. The molecule has 0 fully saturated rings. The van der Waals surface area contributed by atoms with Crippen molar-refractivity contribution in [3.05, 3.63) is 53.3 Å². The van der Waals surface area contributed by atoms with Gasteiger partial charge in [-0.15, -0.1) is 0 Å². The summed E-state index contributed by atoms with van der Waals surface area (Å²) < 4.78 is 1.41. The van der Waals surface area contributed by atoms with E-state index in [4.69, 9.17) is 23.2 Å². The largest absolute Gasteiger partial charge is 0.274 e. The number of rotatable bonds is 3. The van der Waals surface area contributed by atoms with E-state index in [1.165, 1.54) is 10.8 Å². The van der Waals surface area contributed by atoms with Crippen LogP contribution in [0.1, 0.15) is 16.2 Å². The van der Waals surface area contributed by atoms with Gasteiger partial charge in [-0.1, -0.05) is 30.3 Å². The Kier molecular flexibility index (Phi) is 3.31. The molecule has 2 rings (SSSR count). The number of hydrogen-bond acceptors (Lipinski definition) is 2. The predicted molar refractivity (Wildman–Crippen MR) is 68.8 cm³/mol. The fraction of sp³-hybridized carbons (Fsp3) is 0. The van der Waals surface area contributed by atoms with Gasteiger partial charge in [-0.2, -0.15) is 5.10 Å². The van der Waals surface area contributed by atoms with Crippen LogP contribution in [0.3, 0.4) is 0 Å². The molecule has 0 amide bonds. The Labute approximate surface area is 108 Å². The summed E-state index contributed by atoms with van der Waals surface area (Å²) in [5.41, 5.74) is 1.43. The van der Waals surface area contributed by atoms with Gasteiger partial charge in [0.05, 0.1) is 16.4 Å². The number of carbonyl (C=O) groups excluding carboxylic acids is 1. The molecule has 3 nitrogen and oxygen atoms in total. The normalized spacial score (nSPS) is 10.2. The standard InChI is InChI=1S/C12H8Cl2N2O/c1-2-8-7-11(12(14)17)16(15-8)10-6-4-3-5-9(10)13/h2-7H,1H2.